The molecular weight excluding hydrogens is 348 g/mol. The minimum atomic E-state index is -0.251. The first-order valence-corrected chi connectivity index (χ1v) is 8.66. The zero-order chi connectivity index (χ0) is 18.4. The van der Waals surface area contributed by atoms with Crippen molar-refractivity contribution in [2.45, 2.75) is 32.2 Å². The normalized spacial score (nSPS) is 14.0. The average Bonchev–Trinajstić information content (AvgIpc) is 3.09. The van der Waals surface area contributed by atoms with Gasteiger partial charge in [-0.05, 0) is 38.0 Å². The molecule has 0 saturated heterocycles. The zero-order valence-corrected chi connectivity index (χ0v) is 14.5. The molecule has 0 aromatic carbocycles. The maximum absolute atomic E-state index is 12.3. The number of rotatable bonds is 5. The van der Waals surface area contributed by atoms with E-state index in [1.807, 2.05) is 24.4 Å². The maximum atomic E-state index is 12.3. The van der Waals surface area contributed by atoms with Crippen LogP contribution in [0.5, 0.6) is 0 Å². The minimum Gasteiger partial charge on any atom is -0.343 e. The lowest BCUT2D eigenvalue weighted by atomic mass is 10.2. The summed E-state index contributed by atoms with van der Waals surface area (Å²) in [5.74, 6) is 1.79. The summed E-state index contributed by atoms with van der Waals surface area (Å²) < 4.78 is 7.01. The lowest BCUT2D eigenvalue weighted by molar-refractivity contribution is 0.0944. The number of amides is 1. The molecule has 10 nitrogen and oxygen atoms in total. The van der Waals surface area contributed by atoms with Gasteiger partial charge in [0.2, 0.25) is 0 Å². The Balaban J connectivity index is 1.36. The summed E-state index contributed by atoms with van der Waals surface area (Å²) in [6, 6.07) is 5.49. The number of nitrogens with one attached hydrogen (secondary N) is 2. The Hall–Kier alpha value is -3.56. The number of aromatic amines is 1. The van der Waals surface area contributed by atoms with Gasteiger partial charge < -0.3 is 9.84 Å². The Bertz CT molecular complexity index is 1140. The Morgan fingerprint density at radius 3 is 3.07 bits per heavy atom. The van der Waals surface area contributed by atoms with Crippen molar-refractivity contribution >= 4 is 11.6 Å². The number of fused-ring (bicyclic) bond motifs is 1. The highest BCUT2D eigenvalue weighted by Crippen LogP contribution is 2.38. The smallest absolute Gasteiger partial charge is 0.272 e. The monoisotopic (exact) mass is 364 g/mol. The summed E-state index contributed by atoms with van der Waals surface area (Å²) in [6.45, 7) is 1.97. The standard InChI is InChI=1S/C17H16N8O2/c1-9-19-17(27-24-9)11-3-2-6-25-14(22-23-15(11)25)8-18-16(26)13-7-12(20-21-13)10-4-5-10/h2-3,6-7,10H,4-5,8H2,1H3,(H,18,26)(H,20,21). The molecule has 4 aromatic rings. The summed E-state index contributed by atoms with van der Waals surface area (Å²) in [5, 5.41) is 22.0. The molecule has 0 bridgehead atoms. The van der Waals surface area contributed by atoms with Crippen molar-refractivity contribution in [3.05, 3.63) is 47.4 Å². The van der Waals surface area contributed by atoms with Crippen molar-refractivity contribution in [3.8, 4) is 11.5 Å². The lowest BCUT2D eigenvalue weighted by Crippen LogP contribution is -2.24. The van der Waals surface area contributed by atoms with Crippen LogP contribution >= 0.6 is 0 Å². The first-order chi connectivity index (χ1) is 13.2. The Kier molecular flexibility index (Phi) is 3.49. The molecule has 4 aromatic heterocycles. The molecule has 0 radical (unpaired) electrons. The summed E-state index contributed by atoms with van der Waals surface area (Å²) in [7, 11) is 0. The van der Waals surface area contributed by atoms with Crippen LogP contribution in [0.2, 0.25) is 0 Å². The molecule has 0 spiro atoms. The molecular formula is C17H16N8O2. The van der Waals surface area contributed by atoms with Gasteiger partial charge >= 0.3 is 0 Å². The third kappa shape index (κ3) is 2.84. The van der Waals surface area contributed by atoms with Crippen molar-refractivity contribution < 1.29 is 9.32 Å². The van der Waals surface area contributed by atoms with Crippen LogP contribution in [0, 0.1) is 6.92 Å². The SMILES string of the molecule is Cc1noc(-c2cccn3c(CNC(=O)c4cc(C5CC5)[nH]n4)nnc23)n1. The van der Waals surface area contributed by atoms with E-state index in [0.29, 0.717) is 40.4 Å². The Morgan fingerprint density at radius 2 is 2.30 bits per heavy atom. The Labute approximate surface area is 153 Å². The van der Waals surface area contributed by atoms with Crippen molar-refractivity contribution in [1.82, 2.24) is 40.3 Å². The van der Waals surface area contributed by atoms with E-state index in [1.54, 1.807) is 11.3 Å². The van der Waals surface area contributed by atoms with E-state index in [-0.39, 0.29) is 12.5 Å². The number of hydrogen-bond donors (Lipinski definition) is 2. The quantitative estimate of drug-likeness (QED) is 0.551. The van der Waals surface area contributed by atoms with Crippen LogP contribution in [0.4, 0.5) is 0 Å². The second-order valence-corrected chi connectivity index (χ2v) is 6.54. The van der Waals surface area contributed by atoms with Crippen LogP contribution in [0.15, 0.2) is 28.9 Å². The van der Waals surface area contributed by atoms with Gasteiger partial charge in [-0.15, -0.1) is 10.2 Å². The van der Waals surface area contributed by atoms with Crippen LogP contribution in [0.1, 0.15) is 46.6 Å². The maximum Gasteiger partial charge on any atom is 0.272 e. The third-order valence-corrected chi connectivity index (χ3v) is 4.52. The van der Waals surface area contributed by atoms with E-state index >= 15 is 0 Å². The first kappa shape index (κ1) is 15.7. The lowest BCUT2D eigenvalue weighted by Gasteiger charge is -2.03. The zero-order valence-electron chi connectivity index (χ0n) is 14.5. The summed E-state index contributed by atoms with van der Waals surface area (Å²) >= 11 is 0. The second kappa shape index (κ2) is 6.01. The first-order valence-electron chi connectivity index (χ1n) is 8.66. The van der Waals surface area contributed by atoms with Gasteiger partial charge in [0.25, 0.3) is 11.8 Å². The number of aromatic nitrogens is 7. The predicted octanol–water partition coefficient (Wildman–Crippen LogP) is 1.62. The van der Waals surface area contributed by atoms with Gasteiger partial charge in [0.1, 0.15) is 5.69 Å². The molecule has 0 unspecified atom stereocenters. The van der Waals surface area contributed by atoms with Crippen LogP contribution in [-0.4, -0.2) is 40.8 Å². The number of pyridine rings is 1. The minimum absolute atomic E-state index is 0.220. The van der Waals surface area contributed by atoms with Gasteiger partial charge in [0, 0.05) is 17.8 Å². The number of aryl methyl sites for hydroxylation is 1. The van der Waals surface area contributed by atoms with Crippen molar-refractivity contribution in [2.24, 2.45) is 0 Å². The largest absolute Gasteiger partial charge is 0.343 e. The number of H-pyrrole nitrogens is 1. The van der Waals surface area contributed by atoms with Crippen molar-refractivity contribution in [1.29, 1.82) is 0 Å². The molecule has 4 heterocycles. The van der Waals surface area contributed by atoms with E-state index in [0.717, 1.165) is 18.5 Å². The average molecular weight is 364 g/mol. The predicted molar refractivity (Wildman–Crippen MR) is 92.7 cm³/mol. The number of nitrogens with zero attached hydrogens (tertiary/aromatic N) is 6. The second-order valence-electron chi connectivity index (χ2n) is 6.54. The molecule has 1 aliphatic rings. The molecule has 2 N–H and O–H groups in total. The van der Waals surface area contributed by atoms with Gasteiger partial charge in [0.15, 0.2) is 17.3 Å². The van der Waals surface area contributed by atoms with Crippen LogP contribution in [0.25, 0.3) is 17.1 Å². The molecule has 1 saturated carbocycles. The van der Waals surface area contributed by atoms with Gasteiger partial charge in [-0.25, -0.2) is 0 Å². The molecule has 1 aliphatic carbocycles. The topological polar surface area (TPSA) is 127 Å². The molecule has 27 heavy (non-hydrogen) atoms. The molecule has 1 fully saturated rings. The highest BCUT2D eigenvalue weighted by Gasteiger charge is 2.26. The summed E-state index contributed by atoms with van der Waals surface area (Å²) in [4.78, 5) is 16.6. The number of hydrogen-bond acceptors (Lipinski definition) is 7. The van der Waals surface area contributed by atoms with Gasteiger partial charge in [-0.3, -0.25) is 14.3 Å². The van der Waals surface area contributed by atoms with Crippen molar-refractivity contribution in [3.63, 3.8) is 0 Å². The highest BCUT2D eigenvalue weighted by molar-refractivity contribution is 5.92. The molecule has 1 amide bonds. The molecule has 136 valence electrons. The molecule has 0 atom stereocenters. The fourth-order valence-corrected chi connectivity index (χ4v) is 2.96. The highest BCUT2D eigenvalue weighted by atomic mass is 16.5. The van der Waals surface area contributed by atoms with Gasteiger partial charge in [-0.1, -0.05) is 5.16 Å². The van der Waals surface area contributed by atoms with Gasteiger partial charge in [-0.2, -0.15) is 10.1 Å². The molecule has 5 rings (SSSR count). The number of carbonyl (C=O) groups is 1. The third-order valence-electron chi connectivity index (χ3n) is 4.52. The van der Waals surface area contributed by atoms with E-state index < -0.39 is 0 Å². The van der Waals surface area contributed by atoms with E-state index in [9.17, 15) is 4.79 Å². The van der Waals surface area contributed by atoms with Crippen molar-refractivity contribution in [2.75, 3.05) is 0 Å². The molecule has 0 aliphatic heterocycles. The fourth-order valence-electron chi connectivity index (χ4n) is 2.96. The molecule has 10 heteroatoms. The Morgan fingerprint density at radius 1 is 1.41 bits per heavy atom. The summed E-state index contributed by atoms with van der Waals surface area (Å²) in [5.41, 5.74) is 2.67. The van der Waals surface area contributed by atoms with Crippen LogP contribution in [0.3, 0.4) is 0 Å². The van der Waals surface area contributed by atoms with Gasteiger partial charge in [0.05, 0.1) is 12.1 Å². The van der Waals surface area contributed by atoms with E-state index in [1.165, 1.54) is 0 Å². The number of carbonyl (C=O) groups excluding carboxylic acids is 1. The summed E-state index contributed by atoms with van der Waals surface area (Å²) in [6.07, 6.45) is 4.12. The van der Waals surface area contributed by atoms with Crippen LogP contribution < -0.4 is 5.32 Å². The van der Waals surface area contributed by atoms with E-state index in [2.05, 4.69) is 35.9 Å². The fraction of sp³-hybridized carbons (Fsp3) is 0.294. The van der Waals surface area contributed by atoms with E-state index in [4.69, 9.17) is 4.52 Å². The van der Waals surface area contributed by atoms with Crippen LogP contribution in [-0.2, 0) is 6.54 Å².